The molecule has 0 fully saturated rings. The van der Waals surface area contributed by atoms with Gasteiger partial charge in [-0.3, -0.25) is 14.4 Å². The molecule has 0 spiro atoms. The summed E-state index contributed by atoms with van der Waals surface area (Å²) < 4.78 is 4.54. The van der Waals surface area contributed by atoms with Gasteiger partial charge in [0.2, 0.25) is 17.7 Å². The Balaban J connectivity index is 3.01. The number of aliphatic hydroxyl groups excluding tert-OH is 1. The Morgan fingerprint density at radius 3 is 2.10 bits per heavy atom. The Bertz CT molecular complexity index is 767. The number of carbonyl (C=O) groups is 4. The average Bonchev–Trinajstić information content (AvgIpc) is 2.74. The van der Waals surface area contributed by atoms with Gasteiger partial charge in [0.05, 0.1) is 13.7 Å². The van der Waals surface area contributed by atoms with Crippen LogP contribution in [0.3, 0.4) is 0 Å². The molecule has 5 N–H and O–H groups in total. The fourth-order valence-electron chi connectivity index (χ4n) is 2.86. The second-order valence-electron chi connectivity index (χ2n) is 7.26. The van der Waals surface area contributed by atoms with Gasteiger partial charge in [-0.25, -0.2) is 4.79 Å². The van der Waals surface area contributed by atoms with Crippen LogP contribution in [-0.2, 0) is 30.3 Å². The van der Waals surface area contributed by atoms with Gasteiger partial charge in [-0.1, -0.05) is 32.4 Å². The number of hydrogen-bond acceptors (Lipinski definition) is 7. The van der Waals surface area contributed by atoms with Gasteiger partial charge >= 0.3 is 5.97 Å². The summed E-state index contributed by atoms with van der Waals surface area (Å²) in [7, 11) is 1.13. The van der Waals surface area contributed by atoms with Crippen LogP contribution >= 0.6 is 0 Å². The molecule has 3 amide bonds. The number of phenols is 1. The van der Waals surface area contributed by atoms with E-state index in [2.05, 4.69) is 20.7 Å². The van der Waals surface area contributed by atoms with Crippen molar-refractivity contribution in [1.82, 2.24) is 16.0 Å². The molecule has 1 aromatic carbocycles. The second-order valence-corrected chi connectivity index (χ2v) is 7.26. The molecule has 10 heteroatoms. The van der Waals surface area contributed by atoms with E-state index in [0.29, 0.717) is 12.0 Å². The van der Waals surface area contributed by atoms with Gasteiger partial charge in [0.1, 0.15) is 17.8 Å². The van der Waals surface area contributed by atoms with Gasteiger partial charge in [-0.05, 0) is 23.6 Å². The summed E-state index contributed by atoms with van der Waals surface area (Å²) in [5, 5.41) is 26.3. The lowest BCUT2D eigenvalue weighted by Crippen LogP contribution is -2.58. The number of aromatic hydroxyl groups is 1. The minimum absolute atomic E-state index is 0.0711. The van der Waals surface area contributed by atoms with Crippen molar-refractivity contribution in [2.45, 2.75) is 51.7 Å². The number of nitrogens with one attached hydrogen (secondary N) is 3. The molecular weight excluding hydrogens is 406 g/mol. The molecule has 4 atom stereocenters. The molecule has 1 rings (SSSR count). The quantitative estimate of drug-likeness (QED) is 0.296. The number of methoxy groups -OCH3 is 1. The third-order valence-electron chi connectivity index (χ3n) is 4.85. The molecule has 0 saturated carbocycles. The molecule has 0 aliphatic rings. The van der Waals surface area contributed by atoms with Crippen LogP contribution in [0.5, 0.6) is 5.75 Å². The molecule has 0 saturated heterocycles. The fourth-order valence-corrected chi connectivity index (χ4v) is 2.86. The predicted octanol–water partition coefficient (Wildman–Crippen LogP) is -0.380. The molecule has 10 nitrogen and oxygen atoms in total. The third kappa shape index (κ3) is 8.25. The van der Waals surface area contributed by atoms with E-state index in [9.17, 15) is 29.4 Å². The van der Waals surface area contributed by atoms with E-state index >= 15 is 0 Å². The summed E-state index contributed by atoms with van der Waals surface area (Å²) in [6, 6.07) is 2.95. The maximum atomic E-state index is 12.9. The van der Waals surface area contributed by atoms with Crippen LogP contribution in [0.25, 0.3) is 0 Å². The lowest BCUT2D eigenvalue weighted by molar-refractivity contribution is -0.146. The van der Waals surface area contributed by atoms with E-state index in [0.717, 1.165) is 7.11 Å². The minimum Gasteiger partial charge on any atom is -0.508 e. The van der Waals surface area contributed by atoms with Gasteiger partial charge in [-0.2, -0.15) is 0 Å². The molecule has 31 heavy (non-hydrogen) atoms. The Morgan fingerprint density at radius 2 is 1.61 bits per heavy atom. The molecule has 0 radical (unpaired) electrons. The van der Waals surface area contributed by atoms with Gasteiger partial charge in [-0.15, -0.1) is 0 Å². The van der Waals surface area contributed by atoms with Crippen LogP contribution in [0.15, 0.2) is 24.3 Å². The van der Waals surface area contributed by atoms with Crippen molar-refractivity contribution in [1.29, 1.82) is 0 Å². The monoisotopic (exact) mass is 437 g/mol. The Hall–Kier alpha value is -3.14. The Morgan fingerprint density at radius 1 is 1.00 bits per heavy atom. The molecule has 0 aromatic heterocycles. The number of benzene rings is 1. The summed E-state index contributed by atoms with van der Waals surface area (Å²) in [5.74, 6) is -2.70. The first-order valence-corrected chi connectivity index (χ1v) is 9.97. The number of hydrogen-bond donors (Lipinski definition) is 5. The highest BCUT2D eigenvalue weighted by molar-refractivity contribution is 5.93. The van der Waals surface area contributed by atoms with Crippen LogP contribution in [0.1, 0.15) is 32.8 Å². The molecule has 0 bridgehead atoms. The number of phenolic OH excluding ortho intramolecular Hbond substituents is 1. The third-order valence-corrected chi connectivity index (χ3v) is 4.85. The topological polar surface area (TPSA) is 154 Å². The summed E-state index contributed by atoms with van der Waals surface area (Å²) in [6.45, 7) is 4.21. The first kappa shape index (κ1) is 25.9. The number of rotatable bonds is 11. The summed E-state index contributed by atoms with van der Waals surface area (Å²) in [6.07, 6.45) is 0.686. The number of aliphatic hydroxyl groups is 1. The van der Waals surface area contributed by atoms with Crippen LogP contribution in [-0.4, -0.2) is 65.7 Å². The standard InChI is InChI=1S/C21H31N3O7/c1-5-12(2)18(20(29)23-17(11-25)21(30)31-4)24-19(28)16(22-13(3)26)10-14-6-8-15(27)9-7-14/h6-9,12,16-18,25,27H,5,10-11H2,1-4H3,(H,22,26)(H,23,29)(H,24,28)/t12?,16-,17-,18-/m0/s1. The van der Waals surface area contributed by atoms with Crippen molar-refractivity contribution < 1.29 is 34.1 Å². The first-order chi connectivity index (χ1) is 14.6. The van der Waals surface area contributed by atoms with E-state index < -0.39 is 48.4 Å². The van der Waals surface area contributed by atoms with E-state index in [1.807, 2.05) is 6.92 Å². The maximum Gasteiger partial charge on any atom is 0.330 e. The summed E-state index contributed by atoms with van der Waals surface area (Å²) >= 11 is 0. The van der Waals surface area contributed by atoms with Crippen LogP contribution in [0, 0.1) is 5.92 Å². The van der Waals surface area contributed by atoms with Gasteiger partial charge in [0.25, 0.3) is 0 Å². The number of esters is 1. The zero-order valence-corrected chi connectivity index (χ0v) is 18.2. The maximum absolute atomic E-state index is 12.9. The molecule has 0 heterocycles. The Kier molecular flexibility index (Phi) is 10.5. The highest BCUT2D eigenvalue weighted by atomic mass is 16.5. The zero-order valence-electron chi connectivity index (χ0n) is 18.2. The van der Waals surface area contributed by atoms with Crippen molar-refractivity contribution in [3.63, 3.8) is 0 Å². The molecule has 0 aliphatic carbocycles. The number of ether oxygens (including phenoxy) is 1. The molecule has 0 aliphatic heterocycles. The van der Waals surface area contributed by atoms with Crippen molar-refractivity contribution >= 4 is 23.7 Å². The number of carbonyl (C=O) groups excluding carboxylic acids is 4. The molecule has 1 unspecified atom stereocenters. The van der Waals surface area contributed by atoms with E-state index in [4.69, 9.17) is 0 Å². The van der Waals surface area contributed by atoms with Crippen LogP contribution in [0.4, 0.5) is 0 Å². The largest absolute Gasteiger partial charge is 0.508 e. The lowest BCUT2D eigenvalue weighted by atomic mass is 9.96. The summed E-state index contributed by atoms with van der Waals surface area (Å²) in [4.78, 5) is 49.0. The second kappa shape index (κ2) is 12.5. The van der Waals surface area contributed by atoms with E-state index in [1.54, 1.807) is 19.1 Å². The number of amides is 3. The molecule has 1 aromatic rings. The first-order valence-electron chi connectivity index (χ1n) is 9.97. The predicted molar refractivity (Wildman–Crippen MR) is 112 cm³/mol. The Labute approximate surface area is 181 Å². The van der Waals surface area contributed by atoms with Crippen molar-refractivity contribution in [2.75, 3.05) is 13.7 Å². The van der Waals surface area contributed by atoms with Crippen molar-refractivity contribution in [3.8, 4) is 5.75 Å². The van der Waals surface area contributed by atoms with E-state index in [1.165, 1.54) is 19.1 Å². The van der Waals surface area contributed by atoms with Gasteiger partial charge in [0.15, 0.2) is 6.04 Å². The van der Waals surface area contributed by atoms with Crippen LogP contribution in [0.2, 0.25) is 0 Å². The van der Waals surface area contributed by atoms with Crippen molar-refractivity contribution in [2.24, 2.45) is 5.92 Å². The molecule has 172 valence electrons. The van der Waals surface area contributed by atoms with Crippen molar-refractivity contribution in [3.05, 3.63) is 29.8 Å². The van der Waals surface area contributed by atoms with E-state index in [-0.39, 0.29) is 18.1 Å². The minimum atomic E-state index is -1.26. The van der Waals surface area contributed by atoms with Crippen LogP contribution < -0.4 is 16.0 Å². The lowest BCUT2D eigenvalue weighted by Gasteiger charge is -2.27. The van der Waals surface area contributed by atoms with Gasteiger partial charge < -0.3 is 30.9 Å². The zero-order chi connectivity index (χ0) is 23.6. The average molecular weight is 437 g/mol. The normalized spacial score (nSPS) is 14.5. The highest BCUT2D eigenvalue weighted by Gasteiger charge is 2.32. The fraction of sp³-hybridized carbons (Fsp3) is 0.524. The molecular formula is C21H31N3O7. The van der Waals surface area contributed by atoms with Gasteiger partial charge in [0, 0.05) is 13.3 Å². The summed E-state index contributed by atoms with van der Waals surface area (Å²) in [5.41, 5.74) is 0.697. The highest BCUT2D eigenvalue weighted by Crippen LogP contribution is 2.13. The smallest absolute Gasteiger partial charge is 0.330 e. The SMILES string of the molecule is CCC(C)[C@H](NC(=O)[C@H](Cc1ccc(O)cc1)NC(C)=O)C(=O)N[C@@H](CO)C(=O)OC.